The Morgan fingerprint density at radius 2 is 2.40 bits per heavy atom. The highest BCUT2D eigenvalue weighted by Gasteiger charge is 2.05. The van der Waals surface area contributed by atoms with Crippen LogP contribution in [-0.4, -0.2) is 33.5 Å². The molecular weight excluding hydrogens is 198 g/mol. The normalized spacial score (nSPS) is 11.1. The largest absolute Gasteiger partial charge is 0.409 e. The number of carbonyl (C=O) groups is 1. The summed E-state index contributed by atoms with van der Waals surface area (Å²) in [4.78, 5) is 18.9. The lowest BCUT2D eigenvalue weighted by Crippen LogP contribution is -2.28. The molecule has 4 N–H and O–H groups in total. The fourth-order valence-corrected chi connectivity index (χ4v) is 0.861. The number of hydrogen-bond donors (Lipinski definition) is 3. The maximum absolute atomic E-state index is 11.4. The van der Waals surface area contributed by atoms with Crippen molar-refractivity contribution in [2.45, 2.75) is 6.42 Å². The summed E-state index contributed by atoms with van der Waals surface area (Å²) in [6.45, 7) is 0.283. The fraction of sp³-hybridized carbons (Fsp3) is 0.250. The molecule has 0 aliphatic carbocycles. The zero-order valence-electron chi connectivity index (χ0n) is 7.92. The lowest BCUT2D eigenvalue weighted by Gasteiger charge is -2.02. The maximum atomic E-state index is 11.4. The predicted molar refractivity (Wildman–Crippen MR) is 52.4 cm³/mol. The standard InChI is InChI=1S/C8H11N5O2/c9-7(13-15)1-2-12-8(14)6-5-10-3-4-11-6/h3-5,15H,1-2H2,(H2,9,13)(H,12,14). The number of nitrogens with one attached hydrogen (secondary N) is 1. The van der Waals surface area contributed by atoms with Gasteiger partial charge in [-0.05, 0) is 0 Å². The molecule has 1 aromatic rings. The summed E-state index contributed by atoms with van der Waals surface area (Å²) in [5, 5.41) is 13.6. The van der Waals surface area contributed by atoms with Gasteiger partial charge in [-0.1, -0.05) is 5.16 Å². The van der Waals surface area contributed by atoms with Crippen molar-refractivity contribution < 1.29 is 10.0 Å². The molecule has 15 heavy (non-hydrogen) atoms. The van der Waals surface area contributed by atoms with Crippen molar-refractivity contribution in [3.8, 4) is 0 Å². The first kappa shape index (κ1) is 10.9. The van der Waals surface area contributed by atoms with Crippen LogP contribution in [0, 0.1) is 0 Å². The molecular formula is C8H11N5O2. The Kier molecular flexibility index (Phi) is 4.02. The van der Waals surface area contributed by atoms with Crippen LogP contribution in [0.5, 0.6) is 0 Å². The molecule has 0 spiro atoms. The summed E-state index contributed by atoms with van der Waals surface area (Å²) < 4.78 is 0. The second kappa shape index (κ2) is 5.53. The quantitative estimate of drug-likeness (QED) is 0.264. The minimum Gasteiger partial charge on any atom is -0.409 e. The van der Waals surface area contributed by atoms with Crippen LogP contribution in [0.1, 0.15) is 16.9 Å². The summed E-state index contributed by atoms with van der Waals surface area (Å²) in [5.74, 6) is -0.275. The minimum atomic E-state index is -0.339. The van der Waals surface area contributed by atoms with E-state index in [0.29, 0.717) is 0 Å². The van der Waals surface area contributed by atoms with Gasteiger partial charge in [-0.2, -0.15) is 0 Å². The first-order valence-electron chi connectivity index (χ1n) is 4.24. The Morgan fingerprint density at radius 1 is 1.60 bits per heavy atom. The maximum Gasteiger partial charge on any atom is 0.271 e. The molecule has 7 nitrogen and oxygen atoms in total. The Hall–Kier alpha value is -2.18. The number of hydrogen-bond acceptors (Lipinski definition) is 5. The third-order valence-corrected chi connectivity index (χ3v) is 1.59. The van der Waals surface area contributed by atoms with Crippen molar-refractivity contribution in [2.75, 3.05) is 6.54 Å². The summed E-state index contributed by atoms with van der Waals surface area (Å²) in [7, 11) is 0. The van der Waals surface area contributed by atoms with E-state index in [9.17, 15) is 4.79 Å². The van der Waals surface area contributed by atoms with Crippen LogP contribution in [-0.2, 0) is 0 Å². The van der Waals surface area contributed by atoms with Gasteiger partial charge < -0.3 is 16.3 Å². The highest BCUT2D eigenvalue weighted by atomic mass is 16.4. The average molecular weight is 209 g/mol. The predicted octanol–water partition coefficient (Wildman–Crippen LogP) is -0.657. The molecule has 0 bridgehead atoms. The molecule has 0 aliphatic rings. The molecule has 0 fully saturated rings. The highest BCUT2D eigenvalue weighted by molar-refractivity contribution is 5.92. The molecule has 0 unspecified atom stereocenters. The molecule has 0 saturated carbocycles. The SMILES string of the molecule is NC(CCNC(=O)c1cnccn1)=NO. The van der Waals surface area contributed by atoms with Crippen molar-refractivity contribution >= 4 is 11.7 Å². The number of amidine groups is 1. The van der Waals surface area contributed by atoms with E-state index in [-0.39, 0.29) is 30.4 Å². The Labute approximate surface area is 86.0 Å². The number of amides is 1. The number of nitrogens with zero attached hydrogens (tertiary/aromatic N) is 3. The van der Waals surface area contributed by atoms with Gasteiger partial charge in [0.05, 0.1) is 6.20 Å². The van der Waals surface area contributed by atoms with Gasteiger partial charge in [0.25, 0.3) is 5.91 Å². The lowest BCUT2D eigenvalue weighted by molar-refractivity contribution is 0.0949. The molecule has 1 amide bonds. The van der Waals surface area contributed by atoms with Gasteiger partial charge in [0.2, 0.25) is 0 Å². The first-order valence-corrected chi connectivity index (χ1v) is 4.24. The van der Waals surface area contributed by atoms with Crippen molar-refractivity contribution in [1.82, 2.24) is 15.3 Å². The van der Waals surface area contributed by atoms with E-state index in [2.05, 4.69) is 20.4 Å². The van der Waals surface area contributed by atoms with E-state index in [1.165, 1.54) is 18.6 Å². The number of oxime groups is 1. The van der Waals surface area contributed by atoms with E-state index >= 15 is 0 Å². The Bertz CT molecular complexity index is 351. The third-order valence-electron chi connectivity index (χ3n) is 1.59. The molecule has 1 aromatic heterocycles. The fourth-order valence-electron chi connectivity index (χ4n) is 0.861. The van der Waals surface area contributed by atoms with Crippen molar-refractivity contribution in [2.24, 2.45) is 10.9 Å². The Balaban J connectivity index is 2.38. The van der Waals surface area contributed by atoms with E-state index in [4.69, 9.17) is 10.9 Å². The van der Waals surface area contributed by atoms with Crippen LogP contribution in [0.25, 0.3) is 0 Å². The molecule has 7 heteroatoms. The molecule has 0 radical (unpaired) electrons. The van der Waals surface area contributed by atoms with E-state index in [0.717, 1.165) is 0 Å². The first-order chi connectivity index (χ1) is 7.24. The summed E-state index contributed by atoms with van der Waals surface area (Å²) >= 11 is 0. The van der Waals surface area contributed by atoms with Gasteiger partial charge in [0.15, 0.2) is 0 Å². The van der Waals surface area contributed by atoms with Gasteiger partial charge in [-0.3, -0.25) is 9.78 Å². The molecule has 0 saturated heterocycles. The second-order valence-electron chi connectivity index (χ2n) is 2.69. The second-order valence-corrected chi connectivity index (χ2v) is 2.69. The molecule has 0 aliphatic heterocycles. The molecule has 1 heterocycles. The zero-order valence-corrected chi connectivity index (χ0v) is 7.92. The minimum absolute atomic E-state index is 0.0643. The van der Waals surface area contributed by atoms with Crippen molar-refractivity contribution in [1.29, 1.82) is 0 Å². The van der Waals surface area contributed by atoms with Crippen molar-refractivity contribution in [3.63, 3.8) is 0 Å². The monoisotopic (exact) mass is 209 g/mol. The van der Waals surface area contributed by atoms with Crippen LogP contribution >= 0.6 is 0 Å². The van der Waals surface area contributed by atoms with Gasteiger partial charge in [0, 0.05) is 25.4 Å². The van der Waals surface area contributed by atoms with Crippen LogP contribution in [0.3, 0.4) is 0 Å². The van der Waals surface area contributed by atoms with Crippen LogP contribution in [0.2, 0.25) is 0 Å². The summed E-state index contributed by atoms with van der Waals surface area (Å²) in [6.07, 6.45) is 4.55. The van der Waals surface area contributed by atoms with Gasteiger partial charge in [0.1, 0.15) is 11.5 Å². The lowest BCUT2D eigenvalue weighted by atomic mass is 10.3. The number of carbonyl (C=O) groups excluding carboxylic acids is 1. The highest BCUT2D eigenvalue weighted by Crippen LogP contribution is 1.89. The summed E-state index contributed by atoms with van der Waals surface area (Å²) in [6, 6.07) is 0. The van der Waals surface area contributed by atoms with E-state index in [1.807, 2.05) is 0 Å². The van der Waals surface area contributed by atoms with E-state index in [1.54, 1.807) is 0 Å². The van der Waals surface area contributed by atoms with Crippen molar-refractivity contribution in [3.05, 3.63) is 24.3 Å². The van der Waals surface area contributed by atoms with Crippen LogP contribution in [0.15, 0.2) is 23.7 Å². The third kappa shape index (κ3) is 3.59. The van der Waals surface area contributed by atoms with Crippen LogP contribution < -0.4 is 11.1 Å². The number of nitrogens with two attached hydrogens (primary N) is 1. The smallest absolute Gasteiger partial charge is 0.271 e. The van der Waals surface area contributed by atoms with Gasteiger partial charge >= 0.3 is 0 Å². The number of rotatable bonds is 4. The van der Waals surface area contributed by atoms with Gasteiger partial charge in [-0.15, -0.1) is 0 Å². The molecule has 80 valence electrons. The van der Waals surface area contributed by atoms with E-state index < -0.39 is 0 Å². The topological polar surface area (TPSA) is 113 Å². The Morgan fingerprint density at radius 3 is 3.00 bits per heavy atom. The molecule has 0 aromatic carbocycles. The van der Waals surface area contributed by atoms with Gasteiger partial charge in [-0.25, -0.2) is 4.98 Å². The average Bonchev–Trinajstić information content (AvgIpc) is 2.29. The molecule has 0 atom stereocenters. The van der Waals surface area contributed by atoms with Crippen LogP contribution in [0.4, 0.5) is 0 Å². The summed E-state index contributed by atoms with van der Waals surface area (Å²) in [5.41, 5.74) is 5.45. The zero-order chi connectivity index (χ0) is 11.1. The molecule has 1 rings (SSSR count). The number of aromatic nitrogens is 2.